The maximum absolute atomic E-state index is 4.64. The summed E-state index contributed by atoms with van der Waals surface area (Å²) < 4.78 is 1.78. The van der Waals surface area contributed by atoms with Crippen molar-refractivity contribution in [2.24, 2.45) is 0 Å². The van der Waals surface area contributed by atoms with E-state index in [0.29, 0.717) is 11.6 Å². The predicted molar refractivity (Wildman–Crippen MR) is 105 cm³/mol. The second-order valence-corrected chi connectivity index (χ2v) is 6.16. The van der Waals surface area contributed by atoms with E-state index in [0.717, 1.165) is 16.8 Å². The van der Waals surface area contributed by atoms with Crippen LogP contribution >= 0.6 is 0 Å². The Labute approximate surface area is 156 Å². The van der Waals surface area contributed by atoms with Gasteiger partial charge in [-0.25, -0.2) is 4.98 Å². The Morgan fingerprint density at radius 2 is 1.37 bits per heavy atom. The topological polar surface area (TPSA) is 56.0 Å². The van der Waals surface area contributed by atoms with Crippen LogP contribution in [0, 0.1) is 0 Å². The fourth-order valence-electron chi connectivity index (χ4n) is 3.09. The minimum absolute atomic E-state index is 0.568. The highest BCUT2D eigenvalue weighted by Gasteiger charge is 2.11. The van der Waals surface area contributed by atoms with Crippen molar-refractivity contribution in [3.05, 3.63) is 91.4 Å². The average Bonchev–Trinajstić information content (AvgIpc) is 3.20. The van der Waals surface area contributed by atoms with Gasteiger partial charge >= 0.3 is 0 Å². The number of hydrogen-bond acceptors (Lipinski definition) is 4. The number of hydrogen-bond donors (Lipinski definition) is 0. The molecule has 0 aliphatic rings. The first-order chi connectivity index (χ1) is 13.4. The van der Waals surface area contributed by atoms with Gasteiger partial charge in [0.25, 0.3) is 5.78 Å². The van der Waals surface area contributed by atoms with Gasteiger partial charge in [0.05, 0.1) is 5.69 Å². The summed E-state index contributed by atoms with van der Waals surface area (Å²) in [7, 11) is 0. The summed E-state index contributed by atoms with van der Waals surface area (Å²) in [5.74, 6) is 1.18. The first-order valence-electron chi connectivity index (χ1n) is 8.66. The Balaban J connectivity index is 1.58. The van der Waals surface area contributed by atoms with Crippen LogP contribution in [0.3, 0.4) is 0 Å². The Morgan fingerprint density at radius 3 is 2.15 bits per heavy atom. The molecule has 0 aliphatic carbocycles. The second kappa shape index (κ2) is 6.46. The zero-order valence-electron chi connectivity index (χ0n) is 14.4. The summed E-state index contributed by atoms with van der Waals surface area (Å²) in [6, 6.07) is 24.5. The number of benzene rings is 2. The zero-order chi connectivity index (χ0) is 18.1. The lowest BCUT2D eigenvalue weighted by Crippen LogP contribution is -1.96. The molecular weight excluding hydrogens is 334 g/mol. The van der Waals surface area contributed by atoms with Crippen molar-refractivity contribution in [3.8, 4) is 33.8 Å². The van der Waals surface area contributed by atoms with Crippen molar-refractivity contribution in [1.29, 1.82) is 0 Å². The summed E-state index contributed by atoms with van der Waals surface area (Å²) in [5.41, 5.74) is 5.25. The lowest BCUT2D eigenvalue weighted by molar-refractivity contribution is 0.951. The predicted octanol–water partition coefficient (Wildman–Crippen LogP) is 4.52. The van der Waals surface area contributed by atoms with E-state index >= 15 is 0 Å². The largest absolute Gasteiger partial charge is 0.264 e. The van der Waals surface area contributed by atoms with E-state index in [9.17, 15) is 0 Å². The van der Waals surface area contributed by atoms with E-state index in [1.165, 1.54) is 11.1 Å². The summed E-state index contributed by atoms with van der Waals surface area (Å²) in [4.78, 5) is 13.0. The van der Waals surface area contributed by atoms with E-state index < -0.39 is 0 Å². The molecule has 5 aromatic rings. The molecular formula is C22H15N5. The first-order valence-corrected chi connectivity index (χ1v) is 8.66. The highest BCUT2D eigenvalue weighted by Crippen LogP contribution is 2.25. The van der Waals surface area contributed by atoms with E-state index in [4.69, 9.17) is 0 Å². The van der Waals surface area contributed by atoms with Crippen LogP contribution in [0.2, 0.25) is 0 Å². The summed E-state index contributed by atoms with van der Waals surface area (Å²) in [5, 5.41) is 4.64. The molecule has 2 aromatic carbocycles. The van der Waals surface area contributed by atoms with Crippen LogP contribution < -0.4 is 0 Å². The number of aromatic nitrogens is 5. The fraction of sp³-hybridized carbons (Fsp3) is 0. The monoisotopic (exact) mass is 349 g/mol. The average molecular weight is 349 g/mol. The quantitative estimate of drug-likeness (QED) is 0.480. The lowest BCUT2D eigenvalue weighted by Gasteiger charge is -2.06. The van der Waals surface area contributed by atoms with Crippen LogP contribution in [0.5, 0.6) is 0 Å². The van der Waals surface area contributed by atoms with Crippen molar-refractivity contribution in [3.63, 3.8) is 0 Å². The van der Waals surface area contributed by atoms with Crippen LogP contribution in [-0.2, 0) is 0 Å². The molecule has 3 aromatic heterocycles. The number of nitrogens with zero attached hydrogens (tertiary/aromatic N) is 5. The highest BCUT2D eigenvalue weighted by atomic mass is 15.3. The Hall–Kier alpha value is -3.86. The molecule has 0 N–H and O–H groups in total. The van der Waals surface area contributed by atoms with Gasteiger partial charge in [-0.05, 0) is 29.3 Å². The Morgan fingerprint density at radius 1 is 0.630 bits per heavy atom. The minimum Gasteiger partial charge on any atom is -0.264 e. The van der Waals surface area contributed by atoms with Gasteiger partial charge in [0.15, 0.2) is 5.82 Å². The molecule has 0 saturated heterocycles. The Kier molecular flexibility index (Phi) is 3.68. The lowest BCUT2D eigenvalue weighted by atomic mass is 10.0. The zero-order valence-corrected chi connectivity index (χ0v) is 14.4. The Bertz CT molecular complexity index is 1200. The number of rotatable bonds is 3. The molecule has 0 bridgehead atoms. The highest BCUT2D eigenvalue weighted by molar-refractivity contribution is 5.70. The normalized spacial score (nSPS) is 11.0. The van der Waals surface area contributed by atoms with Gasteiger partial charge in [0.2, 0.25) is 0 Å². The third-order valence-electron chi connectivity index (χ3n) is 4.45. The van der Waals surface area contributed by atoms with Crippen molar-refractivity contribution < 1.29 is 0 Å². The number of fused-ring (bicyclic) bond motifs is 1. The standard InChI is InChI=1S/C22H15N5/c1-2-5-16(6-3-1)17-8-10-18(11-9-17)20-12-14-24-22-25-21(26-27(20)22)19-7-4-13-23-15-19/h1-15H. The van der Waals surface area contributed by atoms with Gasteiger partial charge < -0.3 is 0 Å². The molecule has 5 rings (SSSR count). The van der Waals surface area contributed by atoms with Crippen LogP contribution in [0.25, 0.3) is 39.5 Å². The molecule has 3 heterocycles. The van der Waals surface area contributed by atoms with Crippen LogP contribution in [0.4, 0.5) is 0 Å². The number of pyridine rings is 1. The maximum atomic E-state index is 4.64. The van der Waals surface area contributed by atoms with Gasteiger partial charge in [-0.2, -0.15) is 9.50 Å². The van der Waals surface area contributed by atoms with Gasteiger partial charge in [-0.1, -0.05) is 54.6 Å². The summed E-state index contributed by atoms with van der Waals surface area (Å²) >= 11 is 0. The van der Waals surface area contributed by atoms with Crippen molar-refractivity contribution >= 4 is 5.78 Å². The molecule has 0 saturated carbocycles. The molecule has 5 heteroatoms. The molecule has 0 spiro atoms. The smallest absolute Gasteiger partial charge is 0.253 e. The van der Waals surface area contributed by atoms with Crippen molar-refractivity contribution in [2.45, 2.75) is 0 Å². The van der Waals surface area contributed by atoms with E-state index in [-0.39, 0.29) is 0 Å². The van der Waals surface area contributed by atoms with Crippen LogP contribution in [0.15, 0.2) is 91.4 Å². The molecule has 0 unspecified atom stereocenters. The fourth-order valence-corrected chi connectivity index (χ4v) is 3.09. The molecule has 0 atom stereocenters. The molecule has 0 amide bonds. The van der Waals surface area contributed by atoms with Crippen molar-refractivity contribution in [1.82, 2.24) is 24.6 Å². The molecule has 0 aliphatic heterocycles. The van der Waals surface area contributed by atoms with Gasteiger partial charge in [-0.15, -0.1) is 5.10 Å². The third-order valence-corrected chi connectivity index (χ3v) is 4.45. The third kappa shape index (κ3) is 2.85. The molecule has 0 radical (unpaired) electrons. The molecule has 128 valence electrons. The van der Waals surface area contributed by atoms with Gasteiger partial charge in [-0.3, -0.25) is 4.98 Å². The molecule has 5 nitrogen and oxygen atoms in total. The van der Waals surface area contributed by atoms with E-state index in [1.54, 1.807) is 23.1 Å². The SMILES string of the molecule is c1ccc(-c2ccc(-c3ccnc4nc(-c5cccnc5)nn34)cc2)cc1. The minimum atomic E-state index is 0.568. The van der Waals surface area contributed by atoms with Crippen molar-refractivity contribution in [2.75, 3.05) is 0 Å². The second-order valence-electron chi connectivity index (χ2n) is 6.16. The van der Waals surface area contributed by atoms with E-state index in [1.807, 2.05) is 36.4 Å². The molecule has 27 heavy (non-hydrogen) atoms. The maximum Gasteiger partial charge on any atom is 0.253 e. The van der Waals surface area contributed by atoms with Gasteiger partial charge in [0, 0.05) is 29.7 Å². The van der Waals surface area contributed by atoms with Crippen LogP contribution in [0.1, 0.15) is 0 Å². The van der Waals surface area contributed by atoms with Gasteiger partial charge in [0.1, 0.15) is 0 Å². The van der Waals surface area contributed by atoms with Crippen LogP contribution in [-0.4, -0.2) is 24.6 Å². The van der Waals surface area contributed by atoms with E-state index in [2.05, 4.69) is 56.4 Å². The first kappa shape index (κ1) is 15.4. The summed E-state index contributed by atoms with van der Waals surface area (Å²) in [6.07, 6.45) is 5.25. The summed E-state index contributed by atoms with van der Waals surface area (Å²) in [6.45, 7) is 0. The molecule has 0 fully saturated rings.